The molecule has 0 unspecified atom stereocenters. The van der Waals surface area contributed by atoms with Crippen LogP contribution in [0.4, 0.5) is 10.5 Å². The lowest BCUT2D eigenvalue weighted by molar-refractivity contribution is 0.250. The fraction of sp³-hybridized carbons (Fsp3) is 0.167. The minimum absolute atomic E-state index is 0.284. The van der Waals surface area contributed by atoms with Gasteiger partial charge in [-0.3, -0.25) is 5.41 Å². The van der Waals surface area contributed by atoms with Crippen molar-refractivity contribution >= 4 is 29.3 Å². The van der Waals surface area contributed by atoms with Gasteiger partial charge in [0.05, 0.1) is 10.7 Å². The Morgan fingerprint density at radius 2 is 2.33 bits per heavy atom. The van der Waals surface area contributed by atoms with Crippen molar-refractivity contribution in [1.29, 1.82) is 5.41 Å². The molecule has 0 saturated carbocycles. The van der Waals surface area contributed by atoms with Gasteiger partial charge in [-0.05, 0) is 18.6 Å². The molecule has 6 heteroatoms. The number of carbonyl (C=O) groups excluding carboxylic acids is 1. The van der Waals surface area contributed by atoms with Crippen molar-refractivity contribution in [1.82, 2.24) is 5.32 Å². The van der Waals surface area contributed by atoms with Gasteiger partial charge in [-0.25, -0.2) is 9.69 Å². The first-order valence-corrected chi connectivity index (χ1v) is 5.64. The Labute approximate surface area is 111 Å². The Morgan fingerprint density at radius 1 is 1.67 bits per heavy atom. The van der Waals surface area contributed by atoms with Crippen molar-refractivity contribution in [3.63, 3.8) is 0 Å². The van der Waals surface area contributed by atoms with Gasteiger partial charge in [-0.15, -0.1) is 6.58 Å². The Morgan fingerprint density at radius 3 is 2.83 bits per heavy atom. The second kappa shape index (κ2) is 6.07. The fourth-order valence-electron chi connectivity index (χ4n) is 1.48. The van der Waals surface area contributed by atoms with Crippen molar-refractivity contribution in [2.24, 2.45) is 5.73 Å². The Bertz CT molecular complexity index is 467. The van der Waals surface area contributed by atoms with Crippen LogP contribution in [0.3, 0.4) is 0 Å². The number of benzene rings is 1. The zero-order valence-electron chi connectivity index (χ0n) is 10.0. The second-order valence-electron chi connectivity index (χ2n) is 3.60. The van der Waals surface area contributed by atoms with Crippen LogP contribution in [0, 0.1) is 12.3 Å². The third-order valence-corrected chi connectivity index (χ3v) is 2.56. The van der Waals surface area contributed by atoms with Crippen molar-refractivity contribution in [2.45, 2.75) is 6.92 Å². The van der Waals surface area contributed by atoms with E-state index in [2.05, 4.69) is 11.9 Å². The number of nitrogens with zero attached hydrogens (tertiary/aromatic N) is 1. The normalized spacial score (nSPS) is 9.67. The van der Waals surface area contributed by atoms with E-state index in [1.54, 1.807) is 25.1 Å². The van der Waals surface area contributed by atoms with E-state index < -0.39 is 12.0 Å². The van der Waals surface area contributed by atoms with E-state index in [-0.39, 0.29) is 6.54 Å². The number of nitrogens with two attached hydrogens (primary N) is 1. The van der Waals surface area contributed by atoms with E-state index >= 15 is 0 Å². The van der Waals surface area contributed by atoms with E-state index in [1.165, 1.54) is 6.08 Å². The van der Waals surface area contributed by atoms with Gasteiger partial charge in [-0.1, -0.05) is 29.8 Å². The van der Waals surface area contributed by atoms with Gasteiger partial charge in [0, 0.05) is 6.54 Å². The van der Waals surface area contributed by atoms with E-state index in [4.69, 9.17) is 22.7 Å². The van der Waals surface area contributed by atoms with Crippen LogP contribution < -0.4 is 16.0 Å². The van der Waals surface area contributed by atoms with Gasteiger partial charge in [0.15, 0.2) is 0 Å². The summed E-state index contributed by atoms with van der Waals surface area (Å²) in [6.45, 7) is 5.57. The lowest BCUT2D eigenvalue weighted by atomic mass is 10.2. The highest BCUT2D eigenvalue weighted by Crippen LogP contribution is 2.29. The maximum Gasteiger partial charge on any atom is 0.329 e. The minimum atomic E-state index is -0.515. The van der Waals surface area contributed by atoms with Crippen LogP contribution in [-0.4, -0.2) is 18.5 Å². The van der Waals surface area contributed by atoms with Crippen LogP contribution in [0.15, 0.2) is 30.9 Å². The number of carbonyl (C=O) groups is 1. The minimum Gasteiger partial charge on any atom is -0.369 e. The Balaban J connectivity index is 3.16. The molecular formula is C12H15ClN4O. The van der Waals surface area contributed by atoms with Gasteiger partial charge < -0.3 is 11.1 Å². The number of rotatable bonds is 3. The number of para-hydroxylation sites is 1. The summed E-state index contributed by atoms with van der Waals surface area (Å²) in [5.41, 5.74) is 6.61. The number of hydrogen-bond donors (Lipinski definition) is 3. The molecule has 0 saturated heterocycles. The SMILES string of the molecule is C=CCNC(=O)N(C(=N)N)c1c(C)cccc1Cl. The molecule has 2 amide bonds. The van der Waals surface area contributed by atoms with Gasteiger partial charge in [-0.2, -0.15) is 0 Å². The standard InChI is InChI=1S/C12H15ClN4O/c1-3-7-16-12(18)17(11(14)15)10-8(2)5-4-6-9(10)13/h3-6H,1,7H2,2H3,(H3,14,15)(H,16,18). The summed E-state index contributed by atoms with van der Waals surface area (Å²) in [6.07, 6.45) is 1.54. The van der Waals surface area contributed by atoms with E-state index in [1.807, 2.05) is 0 Å². The van der Waals surface area contributed by atoms with Gasteiger partial charge in [0.1, 0.15) is 0 Å². The highest BCUT2D eigenvalue weighted by Gasteiger charge is 2.22. The summed E-state index contributed by atoms with van der Waals surface area (Å²) in [7, 11) is 0. The number of anilines is 1. The molecule has 0 aromatic heterocycles. The lowest BCUT2D eigenvalue weighted by Gasteiger charge is -2.23. The third-order valence-electron chi connectivity index (χ3n) is 2.25. The van der Waals surface area contributed by atoms with Crippen LogP contribution >= 0.6 is 11.6 Å². The fourth-order valence-corrected chi connectivity index (χ4v) is 1.78. The van der Waals surface area contributed by atoms with E-state index in [9.17, 15) is 4.79 Å². The number of halogens is 1. The molecule has 0 aliphatic rings. The monoisotopic (exact) mass is 266 g/mol. The number of guanidine groups is 1. The average Bonchev–Trinajstić information content (AvgIpc) is 2.30. The van der Waals surface area contributed by atoms with Crippen LogP contribution in [-0.2, 0) is 0 Å². The second-order valence-corrected chi connectivity index (χ2v) is 4.01. The molecule has 5 nitrogen and oxygen atoms in total. The number of amides is 2. The van der Waals surface area contributed by atoms with Gasteiger partial charge in [0.2, 0.25) is 5.96 Å². The summed E-state index contributed by atoms with van der Waals surface area (Å²) in [5.74, 6) is -0.396. The highest BCUT2D eigenvalue weighted by atomic mass is 35.5. The molecule has 0 heterocycles. The zero-order valence-corrected chi connectivity index (χ0v) is 10.8. The van der Waals surface area contributed by atoms with Crippen LogP contribution in [0.25, 0.3) is 0 Å². The molecule has 0 atom stereocenters. The molecule has 4 N–H and O–H groups in total. The molecule has 96 valence electrons. The number of nitrogens with one attached hydrogen (secondary N) is 2. The maximum atomic E-state index is 11.9. The van der Waals surface area contributed by atoms with E-state index in [0.29, 0.717) is 10.7 Å². The molecule has 0 aliphatic heterocycles. The van der Waals surface area contributed by atoms with Crippen molar-refractivity contribution in [2.75, 3.05) is 11.4 Å². The quantitative estimate of drug-likeness (QED) is 0.445. The van der Waals surface area contributed by atoms with Crippen LogP contribution in [0.2, 0.25) is 5.02 Å². The summed E-state index contributed by atoms with van der Waals surface area (Å²) in [5, 5.41) is 10.4. The average molecular weight is 267 g/mol. The molecule has 1 aromatic carbocycles. The lowest BCUT2D eigenvalue weighted by Crippen LogP contribution is -2.47. The summed E-state index contributed by atoms with van der Waals surface area (Å²) in [4.78, 5) is 13.0. The summed E-state index contributed by atoms with van der Waals surface area (Å²) >= 11 is 6.05. The molecule has 0 spiro atoms. The Kier molecular flexibility index (Phi) is 4.74. The molecular weight excluding hydrogens is 252 g/mol. The first kappa shape index (κ1) is 14.1. The highest BCUT2D eigenvalue weighted by molar-refractivity contribution is 6.35. The van der Waals surface area contributed by atoms with Crippen molar-refractivity contribution in [3.8, 4) is 0 Å². The van der Waals surface area contributed by atoms with Crippen molar-refractivity contribution < 1.29 is 4.79 Å². The molecule has 0 bridgehead atoms. The predicted octanol–water partition coefficient (Wildman–Crippen LogP) is 2.24. The number of aryl methyl sites for hydroxylation is 1. The summed E-state index contributed by atoms with van der Waals surface area (Å²) in [6, 6.07) is 4.68. The molecule has 0 fully saturated rings. The predicted molar refractivity (Wildman–Crippen MR) is 74.2 cm³/mol. The number of hydrogen-bond acceptors (Lipinski definition) is 2. The first-order chi connectivity index (χ1) is 8.49. The molecule has 0 aliphatic carbocycles. The van der Waals surface area contributed by atoms with Gasteiger partial charge >= 0.3 is 6.03 Å². The third kappa shape index (κ3) is 3.01. The largest absolute Gasteiger partial charge is 0.369 e. The summed E-state index contributed by atoms with van der Waals surface area (Å²) < 4.78 is 0. The van der Waals surface area contributed by atoms with Crippen molar-refractivity contribution in [3.05, 3.63) is 41.4 Å². The van der Waals surface area contributed by atoms with Crippen LogP contribution in [0.1, 0.15) is 5.56 Å². The smallest absolute Gasteiger partial charge is 0.329 e. The Hall–Kier alpha value is -2.01. The van der Waals surface area contributed by atoms with Gasteiger partial charge in [0.25, 0.3) is 0 Å². The zero-order chi connectivity index (χ0) is 13.7. The number of urea groups is 1. The van der Waals surface area contributed by atoms with E-state index in [0.717, 1.165) is 10.5 Å². The molecule has 18 heavy (non-hydrogen) atoms. The maximum absolute atomic E-state index is 11.9. The van der Waals surface area contributed by atoms with Crippen LogP contribution in [0.5, 0.6) is 0 Å². The molecule has 0 radical (unpaired) electrons. The first-order valence-electron chi connectivity index (χ1n) is 5.27. The molecule has 1 rings (SSSR count). The topological polar surface area (TPSA) is 82.2 Å². The molecule has 1 aromatic rings.